The molecule has 176 valence electrons. The highest BCUT2D eigenvalue weighted by atomic mass is 32.2. The lowest BCUT2D eigenvalue weighted by molar-refractivity contribution is -0.124. The monoisotopic (exact) mass is 488 g/mol. The third-order valence-corrected chi connectivity index (χ3v) is 7.88. The average molecular weight is 489 g/mol. The van der Waals surface area contributed by atoms with Crippen LogP contribution in [0.3, 0.4) is 0 Å². The fourth-order valence-corrected chi connectivity index (χ4v) is 5.34. The maximum Gasteiger partial charge on any atom is 0.264 e. The molecule has 0 spiro atoms. The lowest BCUT2D eigenvalue weighted by Gasteiger charge is -2.21. The van der Waals surface area contributed by atoms with Crippen LogP contribution in [0.2, 0.25) is 0 Å². The molecular weight excluding hydrogens is 460 g/mol. The van der Waals surface area contributed by atoms with E-state index >= 15 is 0 Å². The zero-order valence-electron chi connectivity index (χ0n) is 19.0. The Morgan fingerprint density at radius 2 is 1.67 bits per heavy atom. The first-order chi connectivity index (χ1) is 15.7. The Kier molecular flexibility index (Phi) is 7.99. The summed E-state index contributed by atoms with van der Waals surface area (Å²) in [5, 5.41) is 5.00. The predicted molar refractivity (Wildman–Crippen MR) is 131 cm³/mol. The van der Waals surface area contributed by atoms with Crippen molar-refractivity contribution in [2.24, 2.45) is 5.92 Å². The summed E-state index contributed by atoms with van der Waals surface area (Å²) < 4.78 is 37.7. The number of ether oxygens (including phenoxy) is 2. The van der Waals surface area contributed by atoms with Crippen LogP contribution in [0.15, 0.2) is 70.9 Å². The van der Waals surface area contributed by atoms with E-state index < -0.39 is 10.0 Å². The number of benzene rings is 2. The third kappa shape index (κ3) is 6.06. The van der Waals surface area contributed by atoms with Gasteiger partial charge in [-0.1, -0.05) is 19.9 Å². The van der Waals surface area contributed by atoms with Crippen LogP contribution in [0.1, 0.15) is 24.8 Å². The van der Waals surface area contributed by atoms with Crippen molar-refractivity contribution in [1.82, 2.24) is 5.32 Å². The van der Waals surface area contributed by atoms with Crippen LogP contribution >= 0.6 is 11.3 Å². The van der Waals surface area contributed by atoms with E-state index in [1.54, 1.807) is 47.7 Å². The number of methoxy groups -OCH3 is 1. The standard InChI is InChI=1S/C24H28N2O5S2/c1-17(2)24(22-6-5-15-32-22)25-23(27)16-31-20-9-7-18(8-10-20)26(3)33(28,29)21-13-11-19(30-4)12-14-21/h5-15,17,24H,16H2,1-4H3,(H,25,27). The second-order valence-electron chi connectivity index (χ2n) is 7.74. The lowest BCUT2D eigenvalue weighted by atomic mass is 10.0. The molecule has 1 N–H and O–H groups in total. The number of thiophene rings is 1. The van der Waals surface area contributed by atoms with E-state index in [9.17, 15) is 13.2 Å². The van der Waals surface area contributed by atoms with E-state index in [1.165, 1.54) is 30.6 Å². The first-order valence-electron chi connectivity index (χ1n) is 10.4. The first kappa shape index (κ1) is 24.6. The van der Waals surface area contributed by atoms with E-state index in [-0.39, 0.29) is 29.4 Å². The Morgan fingerprint density at radius 1 is 1.03 bits per heavy atom. The number of carbonyl (C=O) groups excluding carboxylic acids is 1. The molecule has 9 heteroatoms. The highest BCUT2D eigenvalue weighted by molar-refractivity contribution is 7.92. The van der Waals surface area contributed by atoms with Gasteiger partial charge < -0.3 is 14.8 Å². The molecule has 33 heavy (non-hydrogen) atoms. The van der Waals surface area contributed by atoms with Gasteiger partial charge in [0.1, 0.15) is 11.5 Å². The van der Waals surface area contributed by atoms with Gasteiger partial charge in [0.05, 0.1) is 23.7 Å². The number of hydrogen-bond acceptors (Lipinski definition) is 6. The van der Waals surface area contributed by atoms with E-state index in [0.717, 1.165) is 4.88 Å². The third-order valence-electron chi connectivity index (χ3n) is 5.12. The van der Waals surface area contributed by atoms with Crippen LogP contribution in [-0.2, 0) is 14.8 Å². The van der Waals surface area contributed by atoms with Gasteiger partial charge in [-0.3, -0.25) is 9.10 Å². The summed E-state index contributed by atoms with van der Waals surface area (Å²) in [4.78, 5) is 13.7. The fraction of sp³-hybridized carbons (Fsp3) is 0.292. The highest BCUT2D eigenvalue weighted by Crippen LogP contribution is 2.27. The first-order valence-corrected chi connectivity index (χ1v) is 12.7. The molecular formula is C24H28N2O5S2. The summed E-state index contributed by atoms with van der Waals surface area (Å²) in [5.74, 6) is 1.08. The number of nitrogens with one attached hydrogen (secondary N) is 1. The van der Waals surface area contributed by atoms with Crippen LogP contribution in [0.25, 0.3) is 0 Å². The summed E-state index contributed by atoms with van der Waals surface area (Å²) in [6.45, 7) is 3.98. The Bertz CT molecular complexity index is 1140. The van der Waals surface area contributed by atoms with Crippen molar-refractivity contribution in [3.8, 4) is 11.5 Å². The van der Waals surface area contributed by atoms with E-state index in [2.05, 4.69) is 19.2 Å². The molecule has 3 rings (SSSR count). The molecule has 1 heterocycles. The zero-order chi connectivity index (χ0) is 24.0. The Hall–Kier alpha value is -3.04. The number of hydrogen-bond donors (Lipinski definition) is 1. The Balaban J connectivity index is 1.60. The maximum atomic E-state index is 12.9. The van der Waals surface area contributed by atoms with Crippen molar-refractivity contribution in [2.45, 2.75) is 24.8 Å². The molecule has 7 nitrogen and oxygen atoms in total. The summed E-state index contributed by atoms with van der Waals surface area (Å²) >= 11 is 1.61. The van der Waals surface area contributed by atoms with Gasteiger partial charge in [-0.05, 0) is 65.9 Å². The van der Waals surface area contributed by atoms with Gasteiger partial charge in [-0.2, -0.15) is 0 Å². The SMILES string of the molecule is COc1ccc(S(=O)(=O)N(C)c2ccc(OCC(=O)NC(c3cccs3)C(C)C)cc2)cc1. The Morgan fingerprint density at radius 3 is 2.21 bits per heavy atom. The normalized spacial score (nSPS) is 12.3. The van der Waals surface area contributed by atoms with Gasteiger partial charge >= 0.3 is 0 Å². The largest absolute Gasteiger partial charge is 0.497 e. The minimum atomic E-state index is -3.72. The number of amides is 1. The van der Waals surface area contributed by atoms with Crippen molar-refractivity contribution < 1.29 is 22.7 Å². The smallest absolute Gasteiger partial charge is 0.264 e. The van der Waals surface area contributed by atoms with Crippen LogP contribution in [0.4, 0.5) is 5.69 Å². The maximum absolute atomic E-state index is 12.9. The molecule has 2 aromatic carbocycles. The minimum Gasteiger partial charge on any atom is -0.497 e. The van der Waals surface area contributed by atoms with Gasteiger partial charge in [-0.25, -0.2) is 8.42 Å². The fourth-order valence-electron chi connectivity index (χ4n) is 3.20. The van der Waals surface area contributed by atoms with Crippen molar-refractivity contribution in [2.75, 3.05) is 25.1 Å². The van der Waals surface area contributed by atoms with Gasteiger partial charge in [0.25, 0.3) is 15.9 Å². The van der Waals surface area contributed by atoms with Gasteiger partial charge in [0.2, 0.25) is 0 Å². The van der Waals surface area contributed by atoms with E-state index in [4.69, 9.17) is 9.47 Å². The van der Waals surface area contributed by atoms with Crippen LogP contribution in [-0.4, -0.2) is 35.1 Å². The predicted octanol–water partition coefficient (Wildman–Crippen LogP) is 4.47. The second kappa shape index (κ2) is 10.7. The molecule has 1 aromatic heterocycles. The molecule has 3 aromatic rings. The van der Waals surface area contributed by atoms with Crippen molar-refractivity contribution >= 4 is 33.0 Å². The van der Waals surface area contributed by atoms with Gasteiger partial charge in [0.15, 0.2) is 6.61 Å². The molecule has 1 unspecified atom stereocenters. The van der Waals surface area contributed by atoms with Gasteiger partial charge in [0, 0.05) is 11.9 Å². The number of anilines is 1. The molecule has 0 fully saturated rings. The average Bonchev–Trinajstić information content (AvgIpc) is 3.35. The minimum absolute atomic E-state index is 0.0692. The lowest BCUT2D eigenvalue weighted by Crippen LogP contribution is -2.34. The van der Waals surface area contributed by atoms with Crippen molar-refractivity contribution in [3.63, 3.8) is 0 Å². The van der Waals surface area contributed by atoms with Crippen molar-refractivity contribution in [1.29, 1.82) is 0 Å². The van der Waals surface area contributed by atoms with Crippen LogP contribution in [0.5, 0.6) is 11.5 Å². The van der Waals surface area contributed by atoms with E-state index in [0.29, 0.717) is 17.2 Å². The quantitative estimate of drug-likeness (QED) is 0.455. The number of carbonyl (C=O) groups is 1. The molecule has 0 saturated heterocycles. The van der Waals surface area contributed by atoms with Crippen LogP contribution in [0, 0.1) is 5.92 Å². The summed E-state index contributed by atoms with van der Waals surface area (Å²) in [6, 6.07) is 16.7. The molecule has 0 saturated carbocycles. The van der Waals surface area contributed by atoms with Gasteiger partial charge in [-0.15, -0.1) is 11.3 Å². The molecule has 0 radical (unpaired) electrons. The molecule has 0 aliphatic rings. The van der Waals surface area contributed by atoms with Crippen molar-refractivity contribution in [3.05, 3.63) is 70.9 Å². The van der Waals surface area contributed by atoms with Crippen LogP contribution < -0.4 is 19.1 Å². The molecule has 0 bridgehead atoms. The molecule has 1 amide bonds. The number of nitrogens with zero attached hydrogens (tertiary/aromatic N) is 1. The molecule has 0 aliphatic heterocycles. The summed E-state index contributed by atoms with van der Waals surface area (Å²) in [6.07, 6.45) is 0. The molecule has 1 atom stereocenters. The van der Waals surface area contributed by atoms with E-state index in [1.807, 2.05) is 17.5 Å². The zero-order valence-corrected chi connectivity index (χ0v) is 20.7. The summed E-state index contributed by atoms with van der Waals surface area (Å²) in [7, 11) is -0.716. The topological polar surface area (TPSA) is 84.9 Å². The summed E-state index contributed by atoms with van der Waals surface area (Å²) in [5.41, 5.74) is 0.472. The Labute approximate surface area is 199 Å². The second-order valence-corrected chi connectivity index (χ2v) is 10.7. The number of sulfonamides is 1. The highest BCUT2D eigenvalue weighted by Gasteiger charge is 2.22. The number of rotatable bonds is 10. The molecule has 0 aliphatic carbocycles.